The summed E-state index contributed by atoms with van der Waals surface area (Å²) < 4.78 is 16.9. The summed E-state index contributed by atoms with van der Waals surface area (Å²) in [5.41, 5.74) is 0.392. The molecule has 0 unspecified atom stereocenters. The largest absolute Gasteiger partial charge is 0.466 e. The molecule has 5 heteroatoms. The van der Waals surface area contributed by atoms with Crippen LogP contribution in [0.2, 0.25) is 0 Å². The number of esters is 1. The normalized spacial score (nSPS) is 10.7. The van der Waals surface area contributed by atoms with Gasteiger partial charge in [0, 0.05) is 5.57 Å². The van der Waals surface area contributed by atoms with Crippen LogP contribution in [0.5, 0.6) is 11.5 Å². The Hall–Kier alpha value is -2.53. The lowest BCUT2D eigenvalue weighted by Gasteiger charge is -2.20. The first-order valence-corrected chi connectivity index (χ1v) is 9.23. The Labute approximate surface area is 138 Å². The van der Waals surface area contributed by atoms with E-state index in [9.17, 15) is 4.79 Å². The van der Waals surface area contributed by atoms with Gasteiger partial charge >= 0.3 is 5.97 Å². The number of ether oxygens (including phenoxy) is 3. The molecule has 0 aliphatic rings. The molecular formula is C18H20O4Si. The van der Waals surface area contributed by atoms with Crippen LogP contribution in [0.15, 0.2) is 72.8 Å². The van der Waals surface area contributed by atoms with Crippen LogP contribution in [0.1, 0.15) is 6.92 Å². The quantitative estimate of drug-likeness (QED) is 0.323. The van der Waals surface area contributed by atoms with E-state index in [4.69, 9.17) is 14.2 Å². The van der Waals surface area contributed by atoms with Crippen molar-refractivity contribution >= 4 is 15.5 Å². The summed E-state index contributed by atoms with van der Waals surface area (Å²) in [5.74, 6) is 0.660. The lowest BCUT2D eigenvalue weighted by atomic mass is 10.3. The summed E-state index contributed by atoms with van der Waals surface area (Å²) >= 11 is 0. The molecule has 0 fully saturated rings. The van der Waals surface area contributed by atoms with Crippen LogP contribution in [0.25, 0.3) is 0 Å². The van der Waals surface area contributed by atoms with Gasteiger partial charge in [-0.25, -0.2) is 4.79 Å². The van der Waals surface area contributed by atoms with E-state index >= 15 is 0 Å². The Morgan fingerprint density at radius 1 is 1.00 bits per heavy atom. The van der Waals surface area contributed by atoms with Crippen LogP contribution in [-0.4, -0.2) is 27.6 Å². The second kappa shape index (κ2) is 8.80. The van der Waals surface area contributed by atoms with Crippen molar-refractivity contribution in [2.24, 2.45) is 0 Å². The molecule has 0 spiro atoms. The van der Waals surface area contributed by atoms with Crippen LogP contribution in [0.4, 0.5) is 0 Å². The number of hydrogen-bond donors (Lipinski definition) is 0. The molecule has 2 rings (SSSR count). The topological polar surface area (TPSA) is 44.8 Å². The molecule has 0 N–H and O–H groups in total. The minimum Gasteiger partial charge on any atom is -0.466 e. The summed E-state index contributed by atoms with van der Waals surface area (Å²) in [7, 11) is -0.966. The van der Waals surface area contributed by atoms with E-state index in [-0.39, 0.29) is 5.97 Å². The van der Waals surface area contributed by atoms with Gasteiger partial charge in [-0.05, 0) is 31.2 Å². The molecule has 0 aliphatic carbocycles. The third-order valence-corrected chi connectivity index (χ3v) is 4.20. The van der Waals surface area contributed by atoms with E-state index in [0.717, 1.165) is 11.5 Å². The highest BCUT2D eigenvalue weighted by molar-refractivity contribution is 6.36. The predicted molar refractivity (Wildman–Crippen MR) is 92.2 cm³/mol. The Kier molecular flexibility index (Phi) is 6.44. The van der Waals surface area contributed by atoms with Crippen molar-refractivity contribution in [3.05, 3.63) is 72.8 Å². The van der Waals surface area contributed by atoms with E-state index in [1.54, 1.807) is 6.92 Å². The SMILES string of the molecule is C=C(C)C(=O)OC[SiH2]C(Oc1ccccc1)Oc1ccccc1. The highest BCUT2D eigenvalue weighted by atomic mass is 28.2. The molecule has 0 heterocycles. The average Bonchev–Trinajstić information content (AvgIpc) is 2.56. The second-order valence-corrected chi connectivity index (χ2v) is 6.65. The summed E-state index contributed by atoms with van der Waals surface area (Å²) in [5, 5.41) is 0. The monoisotopic (exact) mass is 328 g/mol. The first-order valence-electron chi connectivity index (χ1n) is 7.41. The molecule has 0 radical (unpaired) electrons. The van der Waals surface area contributed by atoms with Gasteiger partial charge in [0.05, 0.1) is 6.23 Å². The molecule has 2 aromatic carbocycles. The molecular weight excluding hydrogens is 308 g/mol. The second-order valence-electron chi connectivity index (χ2n) is 5.00. The van der Waals surface area contributed by atoms with Crippen molar-refractivity contribution in [2.45, 2.75) is 12.8 Å². The van der Waals surface area contributed by atoms with Gasteiger partial charge in [-0.3, -0.25) is 0 Å². The molecule has 0 aromatic heterocycles. The summed E-state index contributed by atoms with van der Waals surface area (Å²) in [6.45, 7) is 5.19. The van der Waals surface area contributed by atoms with Crippen molar-refractivity contribution in [3.63, 3.8) is 0 Å². The van der Waals surface area contributed by atoms with Crippen molar-refractivity contribution in [3.8, 4) is 11.5 Å². The van der Waals surface area contributed by atoms with Gasteiger partial charge in [0.15, 0.2) is 9.52 Å². The molecule has 4 nitrogen and oxygen atoms in total. The van der Waals surface area contributed by atoms with Crippen LogP contribution in [0.3, 0.4) is 0 Å². The minimum absolute atomic E-state index is 0.329. The van der Waals surface area contributed by atoms with Crippen LogP contribution in [0, 0.1) is 0 Å². The highest BCUT2D eigenvalue weighted by Crippen LogP contribution is 2.15. The molecule has 120 valence electrons. The Bertz CT molecular complexity index is 586. The predicted octanol–water partition coefficient (Wildman–Crippen LogP) is 2.67. The van der Waals surface area contributed by atoms with Crippen LogP contribution < -0.4 is 9.47 Å². The van der Waals surface area contributed by atoms with Gasteiger partial charge in [0.25, 0.3) is 0 Å². The molecule has 0 saturated carbocycles. The third-order valence-electron chi connectivity index (χ3n) is 2.96. The fraction of sp³-hybridized carbons (Fsp3) is 0.167. The Balaban J connectivity index is 1.96. The van der Waals surface area contributed by atoms with Gasteiger partial charge in [-0.1, -0.05) is 43.0 Å². The van der Waals surface area contributed by atoms with E-state index in [1.165, 1.54) is 0 Å². The molecule has 0 aliphatic heterocycles. The number of para-hydroxylation sites is 2. The summed E-state index contributed by atoms with van der Waals surface area (Å²) in [6.07, 6.45) is 0.329. The van der Waals surface area contributed by atoms with Crippen LogP contribution in [-0.2, 0) is 9.53 Å². The maximum absolute atomic E-state index is 11.5. The number of hydrogen-bond acceptors (Lipinski definition) is 4. The zero-order valence-electron chi connectivity index (χ0n) is 13.1. The highest BCUT2D eigenvalue weighted by Gasteiger charge is 2.15. The van der Waals surface area contributed by atoms with Gasteiger partial charge in [-0.2, -0.15) is 0 Å². The van der Waals surface area contributed by atoms with E-state index in [2.05, 4.69) is 6.58 Å². The maximum Gasteiger partial charge on any atom is 0.332 e. The Morgan fingerprint density at radius 2 is 1.48 bits per heavy atom. The first-order chi connectivity index (χ1) is 11.1. The third kappa shape index (κ3) is 6.00. The summed E-state index contributed by atoms with van der Waals surface area (Å²) in [4.78, 5) is 11.5. The zero-order chi connectivity index (χ0) is 16.5. The van der Waals surface area contributed by atoms with Crippen molar-refractivity contribution in [1.29, 1.82) is 0 Å². The van der Waals surface area contributed by atoms with Crippen molar-refractivity contribution < 1.29 is 19.0 Å². The molecule has 2 aromatic rings. The fourth-order valence-electron chi connectivity index (χ4n) is 1.81. The lowest BCUT2D eigenvalue weighted by molar-refractivity contribution is -0.137. The molecule has 23 heavy (non-hydrogen) atoms. The lowest BCUT2D eigenvalue weighted by Crippen LogP contribution is -2.34. The van der Waals surface area contributed by atoms with E-state index in [1.807, 2.05) is 60.7 Å². The van der Waals surface area contributed by atoms with Crippen LogP contribution >= 0.6 is 0 Å². The van der Waals surface area contributed by atoms with E-state index < -0.39 is 15.4 Å². The molecule has 0 bridgehead atoms. The maximum atomic E-state index is 11.5. The smallest absolute Gasteiger partial charge is 0.332 e. The first kappa shape index (κ1) is 16.8. The van der Waals surface area contributed by atoms with Crippen molar-refractivity contribution in [1.82, 2.24) is 0 Å². The van der Waals surface area contributed by atoms with Gasteiger partial charge in [-0.15, -0.1) is 0 Å². The fourth-order valence-corrected chi connectivity index (χ4v) is 2.93. The van der Waals surface area contributed by atoms with Gasteiger partial charge in [0.1, 0.15) is 11.5 Å². The van der Waals surface area contributed by atoms with Gasteiger partial charge in [0.2, 0.25) is 5.91 Å². The van der Waals surface area contributed by atoms with Gasteiger partial charge < -0.3 is 14.2 Å². The molecule has 0 saturated heterocycles. The minimum atomic E-state index is -0.966. The van der Waals surface area contributed by atoms with E-state index in [0.29, 0.717) is 11.8 Å². The number of carbonyl (C=O) groups is 1. The summed E-state index contributed by atoms with van der Waals surface area (Å²) in [6, 6.07) is 18.9. The number of benzene rings is 2. The molecule has 0 amide bonds. The Morgan fingerprint density at radius 3 is 1.91 bits per heavy atom. The number of rotatable bonds is 8. The standard InChI is InChI=1S/C18H20O4Si/c1-14(2)17(19)20-13-23-18(21-15-9-5-3-6-10-15)22-16-11-7-4-8-12-16/h3-12,18H,1,13,23H2,2H3. The zero-order valence-corrected chi connectivity index (χ0v) is 14.5. The average molecular weight is 328 g/mol. The number of carbonyl (C=O) groups excluding carboxylic acids is 1. The van der Waals surface area contributed by atoms with Crippen molar-refractivity contribution in [2.75, 3.05) is 6.23 Å². The molecule has 0 atom stereocenters.